The molecular weight excluding hydrogens is 387 g/mol. The van der Waals surface area contributed by atoms with E-state index >= 15 is 0 Å². The molecular formula is C12H7Br2FO2S. The molecule has 0 unspecified atom stereocenters. The molecule has 2 nitrogen and oxygen atoms in total. The molecule has 0 aliphatic carbocycles. The molecule has 0 aliphatic rings. The molecule has 0 spiro atoms. The Hall–Kier alpha value is -0.720. The average Bonchev–Trinajstić information content (AvgIpc) is 2.67. The van der Waals surface area contributed by atoms with Crippen molar-refractivity contribution in [1.82, 2.24) is 0 Å². The van der Waals surface area contributed by atoms with E-state index < -0.39 is 11.6 Å². The molecule has 0 N–H and O–H groups in total. The zero-order chi connectivity index (χ0) is 13.3. The number of hydrogen-bond acceptors (Lipinski definition) is 3. The van der Waals surface area contributed by atoms with Crippen molar-refractivity contribution in [2.45, 2.75) is 0 Å². The number of carbonyl (C=O) groups is 1. The number of ether oxygens (including phenoxy) is 1. The normalized spacial score (nSPS) is 10.4. The molecule has 0 saturated heterocycles. The molecule has 2 aromatic rings. The SMILES string of the molecule is COc1cccc(F)c1C(=O)c1cc(Br)sc1Br. The van der Waals surface area contributed by atoms with Crippen LogP contribution in [0.5, 0.6) is 5.75 Å². The Bertz CT molecular complexity index is 610. The van der Waals surface area contributed by atoms with Gasteiger partial charge in [-0.05, 0) is 50.1 Å². The summed E-state index contributed by atoms with van der Waals surface area (Å²) in [5.74, 6) is -0.762. The fraction of sp³-hybridized carbons (Fsp3) is 0.0833. The molecule has 2 rings (SSSR count). The minimum absolute atomic E-state index is 0.0500. The van der Waals surface area contributed by atoms with Crippen molar-refractivity contribution in [3.05, 3.63) is 48.8 Å². The van der Waals surface area contributed by atoms with Gasteiger partial charge >= 0.3 is 0 Å². The monoisotopic (exact) mass is 392 g/mol. The van der Waals surface area contributed by atoms with E-state index in [2.05, 4.69) is 31.9 Å². The van der Waals surface area contributed by atoms with Gasteiger partial charge in [-0.2, -0.15) is 0 Å². The smallest absolute Gasteiger partial charge is 0.201 e. The van der Waals surface area contributed by atoms with Crippen molar-refractivity contribution in [3.63, 3.8) is 0 Å². The van der Waals surface area contributed by atoms with Crippen molar-refractivity contribution in [3.8, 4) is 5.75 Å². The highest BCUT2D eigenvalue weighted by molar-refractivity contribution is 9.12. The van der Waals surface area contributed by atoms with Gasteiger partial charge in [0.1, 0.15) is 17.1 Å². The minimum atomic E-state index is -0.589. The molecule has 1 aromatic carbocycles. The minimum Gasteiger partial charge on any atom is -0.496 e. The summed E-state index contributed by atoms with van der Waals surface area (Å²) in [6.45, 7) is 0. The number of methoxy groups -OCH3 is 1. The number of benzene rings is 1. The molecule has 0 atom stereocenters. The molecule has 94 valence electrons. The van der Waals surface area contributed by atoms with Crippen LogP contribution in [-0.2, 0) is 0 Å². The third-order valence-corrected chi connectivity index (χ3v) is 4.66. The first-order valence-corrected chi connectivity index (χ1v) is 7.27. The molecule has 6 heteroatoms. The van der Waals surface area contributed by atoms with E-state index in [0.29, 0.717) is 9.35 Å². The van der Waals surface area contributed by atoms with Crippen molar-refractivity contribution in [2.24, 2.45) is 0 Å². The zero-order valence-electron chi connectivity index (χ0n) is 9.17. The Labute approximate surface area is 124 Å². The molecule has 0 aliphatic heterocycles. The molecule has 0 amide bonds. The van der Waals surface area contributed by atoms with Crippen LogP contribution in [0.25, 0.3) is 0 Å². The third kappa shape index (κ3) is 2.50. The molecule has 0 saturated carbocycles. The lowest BCUT2D eigenvalue weighted by atomic mass is 10.0. The topological polar surface area (TPSA) is 26.3 Å². The van der Waals surface area contributed by atoms with Gasteiger partial charge in [0.2, 0.25) is 5.78 Å². The highest BCUT2D eigenvalue weighted by Gasteiger charge is 2.22. The largest absolute Gasteiger partial charge is 0.496 e. The average molecular weight is 394 g/mol. The van der Waals surface area contributed by atoms with Gasteiger partial charge in [-0.25, -0.2) is 4.39 Å². The summed E-state index contributed by atoms with van der Waals surface area (Å²) in [5, 5.41) is 0. The molecule has 0 bridgehead atoms. The summed E-state index contributed by atoms with van der Waals surface area (Å²) < 4.78 is 20.3. The van der Waals surface area contributed by atoms with E-state index in [1.54, 1.807) is 12.1 Å². The lowest BCUT2D eigenvalue weighted by molar-refractivity contribution is 0.103. The number of thiophene rings is 1. The fourth-order valence-corrected chi connectivity index (χ4v) is 4.32. The Kier molecular flexibility index (Phi) is 4.19. The van der Waals surface area contributed by atoms with E-state index in [0.717, 1.165) is 3.79 Å². The van der Waals surface area contributed by atoms with Crippen molar-refractivity contribution >= 4 is 49.0 Å². The molecule has 0 fully saturated rings. The summed E-state index contributed by atoms with van der Waals surface area (Å²) in [6, 6.07) is 5.96. The molecule has 1 heterocycles. The predicted octanol–water partition coefficient (Wildman–Crippen LogP) is 4.65. The van der Waals surface area contributed by atoms with Crippen LogP contribution >= 0.6 is 43.2 Å². The van der Waals surface area contributed by atoms with Crippen molar-refractivity contribution in [1.29, 1.82) is 0 Å². The number of rotatable bonds is 3. The lowest BCUT2D eigenvalue weighted by Crippen LogP contribution is -2.06. The van der Waals surface area contributed by atoms with Gasteiger partial charge in [-0.1, -0.05) is 6.07 Å². The summed E-state index contributed by atoms with van der Waals surface area (Å²) in [7, 11) is 1.41. The van der Waals surface area contributed by atoms with Gasteiger partial charge < -0.3 is 4.74 Å². The predicted molar refractivity (Wildman–Crippen MR) is 76.1 cm³/mol. The summed E-state index contributed by atoms with van der Waals surface area (Å²) in [6.07, 6.45) is 0. The van der Waals surface area contributed by atoms with E-state index in [-0.39, 0.29) is 11.3 Å². The summed E-state index contributed by atoms with van der Waals surface area (Å²) >= 11 is 7.94. The van der Waals surface area contributed by atoms with Crippen LogP contribution in [0.2, 0.25) is 0 Å². The van der Waals surface area contributed by atoms with E-state index in [1.165, 1.54) is 30.6 Å². The van der Waals surface area contributed by atoms with Crippen LogP contribution in [0, 0.1) is 5.82 Å². The van der Waals surface area contributed by atoms with Gasteiger partial charge in [0.05, 0.1) is 14.7 Å². The highest BCUT2D eigenvalue weighted by atomic mass is 79.9. The third-order valence-electron chi connectivity index (χ3n) is 2.32. The maximum absolute atomic E-state index is 13.8. The van der Waals surface area contributed by atoms with E-state index in [9.17, 15) is 9.18 Å². The lowest BCUT2D eigenvalue weighted by Gasteiger charge is -2.07. The van der Waals surface area contributed by atoms with Crippen LogP contribution < -0.4 is 4.74 Å². The second-order valence-corrected chi connectivity index (χ2v) is 7.13. The van der Waals surface area contributed by atoms with Crippen LogP contribution in [-0.4, -0.2) is 12.9 Å². The van der Waals surface area contributed by atoms with E-state index in [4.69, 9.17) is 4.74 Å². The second kappa shape index (κ2) is 5.50. The quantitative estimate of drug-likeness (QED) is 0.709. The molecule has 1 aromatic heterocycles. The zero-order valence-corrected chi connectivity index (χ0v) is 13.2. The van der Waals surface area contributed by atoms with Crippen LogP contribution in [0.4, 0.5) is 4.39 Å². The number of ketones is 1. The maximum atomic E-state index is 13.8. The van der Waals surface area contributed by atoms with Gasteiger partial charge in [-0.3, -0.25) is 4.79 Å². The molecule has 0 radical (unpaired) electrons. The van der Waals surface area contributed by atoms with Gasteiger partial charge in [-0.15, -0.1) is 11.3 Å². The van der Waals surface area contributed by atoms with Crippen molar-refractivity contribution in [2.75, 3.05) is 7.11 Å². The number of halogens is 3. The summed E-state index contributed by atoms with van der Waals surface area (Å²) in [5.41, 5.74) is 0.362. The van der Waals surface area contributed by atoms with Gasteiger partial charge in [0.25, 0.3) is 0 Å². The van der Waals surface area contributed by atoms with E-state index in [1.807, 2.05) is 0 Å². The fourth-order valence-electron chi connectivity index (χ4n) is 1.52. The highest BCUT2D eigenvalue weighted by Crippen LogP contribution is 2.35. The Morgan fingerprint density at radius 1 is 1.39 bits per heavy atom. The van der Waals surface area contributed by atoms with Crippen LogP contribution in [0.15, 0.2) is 31.8 Å². The van der Waals surface area contributed by atoms with Gasteiger partial charge in [0, 0.05) is 5.56 Å². The van der Waals surface area contributed by atoms with Crippen molar-refractivity contribution < 1.29 is 13.9 Å². The second-order valence-electron chi connectivity index (χ2n) is 3.38. The Morgan fingerprint density at radius 3 is 2.67 bits per heavy atom. The van der Waals surface area contributed by atoms with Crippen LogP contribution in [0.1, 0.15) is 15.9 Å². The number of carbonyl (C=O) groups excluding carboxylic acids is 1. The Balaban J connectivity index is 2.56. The summed E-state index contributed by atoms with van der Waals surface area (Å²) in [4.78, 5) is 12.3. The van der Waals surface area contributed by atoms with Crippen LogP contribution in [0.3, 0.4) is 0 Å². The first-order valence-electron chi connectivity index (χ1n) is 4.86. The number of hydrogen-bond donors (Lipinski definition) is 0. The van der Waals surface area contributed by atoms with Gasteiger partial charge in [0.15, 0.2) is 0 Å². The Morgan fingerprint density at radius 2 is 2.11 bits per heavy atom. The molecule has 18 heavy (non-hydrogen) atoms. The maximum Gasteiger partial charge on any atom is 0.201 e. The first-order chi connectivity index (χ1) is 8.54. The standard InChI is InChI=1S/C12H7Br2FO2S/c1-17-8-4-2-3-7(15)10(8)11(16)6-5-9(13)18-12(6)14/h2-5H,1H3. The first kappa shape index (κ1) is 13.7.